The van der Waals surface area contributed by atoms with Gasteiger partial charge in [0.15, 0.2) is 0 Å². The Morgan fingerprint density at radius 2 is 2.32 bits per heavy atom. The highest BCUT2D eigenvalue weighted by atomic mass is 32.1. The molecule has 1 aliphatic heterocycles. The Morgan fingerprint density at radius 3 is 2.89 bits per heavy atom. The van der Waals surface area contributed by atoms with Gasteiger partial charge in [0.1, 0.15) is 5.01 Å². The summed E-state index contributed by atoms with van der Waals surface area (Å²) in [5.74, 6) is 0.727. The Kier molecular flexibility index (Phi) is 4.64. The van der Waals surface area contributed by atoms with E-state index in [-0.39, 0.29) is 5.54 Å². The molecule has 0 aromatic carbocycles. The van der Waals surface area contributed by atoms with E-state index in [4.69, 9.17) is 0 Å². The van der Waals surface area contributed by atoms with Gasteiger partial charge in [0.25, 0.3) is 0 Å². The fourth-order valence-corrected chi connectivity index (χ4v) is 3.64. The van der Waals surface area contributed by atoms with Crippen LogP contribution in [-0.2, 0) is 6.54 Å². The zero-order valence-corrected chi connectivity index (χ0v) is 13.7. The summed E-state index contributed by atoms with van der Waals surface area (Å²) < 4.78 is 0. The van der Waals surface area contributed by atoms with Gasteiger partial charge in [-0.1, -0.05) is 20.3 Å². The number of aromatic nitrogens is 1. The molecule has 0 bridgehead atoms. The third kappa shape index (κ3) is 3.77. The standard InChI is InChI=1S/C15H27N3S/c1-6-11(2)13-7-16-15(4,5)10-18(13)8-14-17-12(3)9-19-14/h9,11,13,16H,6-8,10H2,1-5H3. The van der Waals surface area contributed by atoms with Crippen LogP contribution in [0, 0.1) is 12.8 Å². The zero-order valence-electron chi connectivity index (χ0n) is 12.9. The highest BCUT2D eigenvalue weighted by Gasteiger charge is 2.34. The number of thiazole rings is 1. The van der Waals surface area contributed by atoms with Crippen molar-refractivity contribution in [1.82, 2.24) is 15.2 Å². The summed E-state index contributed by atoms with van der Waals surface area (Å²) in [5.41, 5.74) is 1.35. The Bertz CT molecular complexity index is 413. The van der Waals surface area contributed by atoms with Gasteiger partial charge in [0.2, 0.25) is 0 Å². The van der Waals surface area contributed by atoms with Crippen molar-refractivity contribution in [3.63, 3.8) is 0 Å². The minimum absolute atomic E-state index is 0.205. The number of aryl methyl sites for hydroxylation is 1. The molecule has 1 fully saturated rings. The normalized spacial score (nSPS) is 25.4. The van der Waals surface area contributed by atoms with Gasteiger partial charge in [-0.15, -0.1) is 11.3 Å². The summed E-state index contributed by atoms with van der Waals surface area (Å²) in [5, 5.41) is 7.09. The maximum Gasteiger partial charge on any atom is 0.107 e. The molecule has 0 spiro atoms. The average molecular weight is 281 g/mol. The minimum atomic E-state index is 0.205. The molecule has 2 rings (SSSR count). The fraction of sp³-hybridized carbons (Fsp3) is 0.800. The number of rotatable bonds is 4. The highest BCUT2D eigenvalue weighted by Crippen LogP contribution is 2.25. The first-order valence-corrected chi connectivity index (χ1v) is 8.19. The van der Waals surface area contributed by atoms with E-state index in [2.05, 4.69) is 55.2 Å². The van der Waals surface area contributed by atoms with E-state index in [0.29, 0.717) is 6.04 Å². The molecular weight excluding hydrogens is 254 g/mol. The largest absolute Gasteiger partial charge is 0.309 e. The molecule has 1 aromatic rings. The highest BCUT2D eigenvalue weighted by molar-refractivity contribution is 7.09. The second kappa shape index (κ2) is 5.90. The Labute approximate surface area is 121 Å². The third-order valence-electron chi connectivity index (χ3n) is 4.16. The lowest BCUT2D eigenvalue weighted by molar-refractivity contribution is 0.0570. The van der Waals surface area contributed by atoms with Gasteiger partial charge in [-0.3, -0.25) is 4.90 Å². The van der Waals surface area contributed by atoms with Gasteiger partial charge in [0.05, 0.1) is 6.54 Å². The Hall–Kier alpha value is -0.450. The molecule has 2 heterocycles. The molecule has 3 nitrogen and oxygen atoms in total. The van der Waals surface area contributed by atoms with Crippen LogP contribution in [0.5, 0.6) is 0 Å². The summed E-state index contributed by atoms with van der Waals surface area (Å²) in [7, 11) is 0. The van der Waals surface area contributed by atoms with Crippen molar-refractivity contribution in [3.05, 3.63) is 16.1 Å². The van der Waals surface area contributed by atoms with Crippen molar-refractivity contribution < 1.29 is 0 Å². The van der Waals surface area contributed by atoms with E-state index < -0.39 is 0 Å². The maximum atomic E-state index is 4.63. The predicted molar refractivity (Wildman–Crippen MR) is 82.6 cm³/mol. The molecule has 1 N–H and O–H groups in total. The van der Waals surface area contributed by atoms with Gasteiger partial charge in [-0.2, -0.15) is 0 Å². The van der Waals surface area contributed by atoms with Crippen LogP contribution in [0.15, 0.2) is 5.38 Å². The molecule has 0 saturated carbocycles. The Balaban J connectivity index is 2.11. The molecule has 1 aliphatic rings. The van der Waals surface area contributed by atoms with Crippen LogP contribution in [0.2, 0.25) is 0 Å². The van der Waals surface area contributed by atoms with Crippen LogP contribution in [0.1, 0.15) is 44.8 Å². The average Bonchev–Trinajstić information content (AvgIpc) is 2.73. The van der Waals surface area contributed by atoms with Gasteiger partial charge >= 0.3 is 0 Å². The molecule has 0 aliphatic carbocycles. The molecule has 0 amide bonds. The van der Waals surface area contributed by atoms with Crippen LogP contribution in [0.25, 0.3) is 0 Å². The van der Waals surface area contributed by atoms with E-state index in [1.807, 2.05) is 0 Å². The van der Waals surface area contributed by atoms with Gasteiger partial charge in [-0.05, 0) is 26.7 Å². The van der Waals surface area contributed by atoms with Crippen molar-refractivity contribution in [2.45, 2.75) is 59.2 Å². The van der Waals surface area contributed by atoms with E-state index >= 15 is 0 Å². The number of piperazine rings is 1. The van der Waals surface area contributed by atoms with Crippen LogP contribution in [0.3, 0.4) is 0 Å². The molecule has 108 valence electrons. The zero-order chi connectivity index (χ0) is 14.0. The van der Waals surface area contributed by atoms with Gasteiger partial charge in [-0.25, -0.2) is 4.98 Å². The van der Waals surface area contributed by atoms with E-state index in [1.54, 1.807) is 11.3 Å². The van der Waals surface area contributed by atoms with E-state index in [9.17, 15) is 0 Å². The molecule has 1 aromatic heterocycles. The second-order valence-corrected chi connectivity index (χ2v) is 7.45. The van der Waals surface area contributed by atoms with Crippen LogP contribution >= 0.6 is 11.3 Å². The van der Waals surface area contributed by atoms with Crippen LogP contribution in [0.4, 0.5) is 0 Å². The number of nitrogens with one attached hydrogen (secondary N) is 1. The van der Waals surface area contributed by atoms with Crippen LogP contribution < -0.4 is 5.32 Å². The molecular formula is C15H27N3S. The lowest BCUT2D eigenvalue weighted by Gasteiger charge is -2.46. The smallest absolute Gasteiger partial charge is 0.107 e. The molecule has 2 unspecified atom stereocenters. The summed E-state index contributed by atoms with van der Waals surface area (Å²) >= 11 is 1.79. The lowest BCUT2D eigenvalue weighted by Crippen LogP contribution is -2.62. The quantitative estimate of drug-likeness (QED) is 0.919. The molecule has 1 saturated heterocycles. The fourth-order valence-electron chi connectivity index (χ4n) is 2.85. The first-order chi connectivity index (χ1) is 8.91. The number of hydrogen-bond acceptors (Lipinski definition) is 4. The van der Waals surface area contributed by atoms with Crippen molar-refractivity contribution in [2.24, 2.45) is 5.92 Å². The van der Waals surface area contributed by atoms with Crippen molar-refractivity contribution >= 4 is 11.3 Å². The Morgan fingerprint density at radius 1 is 1.58 bits per heavy atom. The summed E-state index contributed by atoms with van der Waals surface area (Å²) in [6.45, 7) is 14.5. The molecule has 0 radical (unpaired) electrons. The minimum Gasteiger partial charge on any atom is -0.309 e. The first-order valence-electron chi connectivity index (χ1n) is 7.31. The van der Waals surface area contributed by atoms with E-state index in [1.165, 1.54) is 11.4 Å². The molecule has 19 heavy (non-hydrogen) atoms. The summed E-state index contributed by atoms with van der Waals surface area (Å²) in [6, 6.07) is 0.627. The topological polar surface area (TPSA) is 28.2 Å². The maximum absolute atomic E-state index is 4.63. The van der Waals surface area contributed by atoms with Crippen molar-refractivity contribution in [3.8, 4) is 0 Å². The van der Waals surface area contributed by atoms with Crippen molar-refractivity contribution in [2.75, 3.05) is 13.1 Å². The SMILES string of the molecule is CCC(C)C1CNC(C)(C)CN1Cc1nc(C)cs1. The first kappa shape index (κ1) is 14.9. The van der Waals surface area contributed by atoms with Crippen LogP contribution in [-0.4, -0.2) is 34.6 Å². The lowest BCUT2D eigenvalue weighted by atomic mass is 9.91. The van der Waals surface area contributed by atoms with Gasteiger partial charge in [0, 0.05) is 35.7 Å². The number of hydrogen-bond donors (Lipinski definition) is 1. The second-order valence-electron chi connectivity index (χ2n) is 6.51. The number of nitrogens with zero attached hydrogens (tertiary/aromatic N) is 2. The summed E-state index contributed by atoms with van der Waals surface area (Å²) in [4.78, 5) is 7.26. The van der Waals surface area contributed by atoms with E-state index in [0.717, 1.165) is 31.2 Å². The summed E-state index contributed by atoms with van der Waals surface area (Å²) in [6.07, 6.45) is 1.24. The molecule has 2 atom stereocenters. The van der Waals surface area contributed by atoms with Crippen molar-refractivity contribution in [1.29, 1.82) is 0 Å². The monoisotopic (exact) mass is 281 g/mol. The third-order valence-corrected chi connectivity index (χ3v) is 5.11. The predicted octanol–water partition coefficient (Wildman–Crippen LogP) is 3.05. The molecule has 4 heteroatoms. The van der Waals surface area contributed by atoms with Gasteiger partial charge < -0.3 is 5.32 Å².